The number of aromatic nitrogens is 1. The Labute approximate surface area is 270 Å². The van der Waals surface area contributed by atoms with Crippen LogP contribution in [-0.2, 0) is 26.0 Å². The standard InChI is InChI=1S/C31H29F4N5O5S2/c32-23-15-24-25(14-22(23)19-6-8-21(9-7-19)39-30(43)37-16-18-4-2-1-3-5-18)46-29(40-24)27(47(44,45)13-12-31(33,34)35)28(42)36-17-26(41)38-20-10-11-20/h1-9,14-15,20,27H,10-13,16-17H2,(H,36,42)(H,38,41)(H2,37,39,43). The number of carbonyl (C=O) groups is 3. The molecule has 1 saturated carbocycles. The molecule has 0 spiro atoms. The van der Waals surface area contributed by atoms with Crippen molar-refractivity contribution in [1.29, 1.82) is 0 Å². The SMILES string of the molecule is O=C(CNC(=O)C(c1nc2cc(F)c(-c3ccc(NC(=O)NCc4ccccc4)cc3)cc2s1)S(=O)(=O)CCC(F)(F)F)NC1CC1. The van der Waals surface area contributed by atoms with Gasteiger partial charge in [0.15, 0.2) is 15.1 Å². The fraction of sp³-hybridized carbons (Fsp3) is 0.290. The van der Waals surface area contributed by atoms with Crippen LogP contribution in [0, 0.1) is 5.82 Å². The summed E-state index contributed by atoms with van der Waals surface area (Å²) >= 11 is 0.717. The Morgan fingerprint density at radius 3 is 2.34 bits per heavy atom. The van der Waals surface area contributed by atoms with E-state index in [2.05, 4.69) is 26.3 Å². The van der Waals surface area contributed by atoms with Crippen LogP contribution < -0.4 is 21.3 Å². The number of anilines is 1. The number of benzene rings is 3. The minimum atomic E-state index is -4.80. The summed E-state index contributed by atoms with van der Waals surface area (Å²) in [5.74, 6) is -3.90. The topological polar surface area (TPSA) is 146 Å². The van der Waals surface area contributed by atoms with Crippen molar-refractivity contribution in [3.8, 4) is 11.1 Å². The molecule has 10 nitrogen and oxygen atoms in total. The zero-order valence-electron chi connectivity index (χ0n) is 24.6. The molecule has 3 aromatic carbocycles. The van der Waals surface area contributed by atoms with Gasteiger partial charge in [0.1, 0.15) is 10.8 Å². The smallest absolute Gasteiger partial charge is 0.352 e. The molecule has 1 fully saturated rings. The lowest BCUT2D eigenvalue weighted by Crippen LogP contribution is -2.41. The maximum absolute atomic E-state index is 15.3. The molecule has 1 unspecified atom stereocenters. The zero-order chi connectivity index (χ0) is 33.8. The number of nitrogens with zero attached hydrogens (tertiary/aromatic N) is 1. The highest BCUT2D eigenvalue weighted by atomic mass is 32.2. The summed E-state index contributed by atoms with van der Waals surface area (Å²) in [4.78, 5) is 41.6. The normalized spacial score (nSPS) is 14.0. The van der Waals surface area contributed by atoms with Crippen molar-refractivity contribution in [2.24, 2.45) is 0 Å². The second-order valence-electron chi connectivity index (χ2n) is 10.9. The average molecular weight is 692 g/mol. The van der Waals surface area contributed by atoms with E-state index in [1.165, 1.54) is 6.07 Å². The second-order valence-corrected chi connectivity index (χ2v) is 14.2. The molecule has 1 heterocycles. The third-order valence-corrected chi connectivity index (χ3v) is 10.3. The summed E-state index contributed by atoms with van der Waals surface area (Å²) in [6.45, 7) is -0.265. The van der Waals surface area contributed by atoms with Crippen LogP contribution in [0.5, 0.6) is 0 Å². The van der Waals surface area contributed by atoms with Crippen molar-refractivity contribution in [2.45, 2.75) is 43.3 Å². The number of sulfone groups is 1. The molecule has 1 aliphatic carbocycles. The van der Waals surface area contributed by atoms with E-state index in [1.807, 2.05) is 30.3 Å². The first-order chi connectivity index (χ1) is 22.3. The van der Waals surface area contributed by atoms with E-state index in [4.69, 9.17) is 0 Å². The molecule has 16 heteroatoms. The van der Waals surface area contributed by atoms with E-state index < -0.39 is 63.6 Å². The minimum absolute atomic E-state index is 0.00470. The highest BCUT2D eigenvalue weighted by Crippen LogP contribution is 2.36. The molecule has 5 rings (SSSR count). The first-order valence-corrected chi connectivity index (χ1v) is 17.0. The number of carbonyl (C=O) groups excluding carboxylic acids is 3. The van der Waals surface area contributed by atoms with Crippen LogP contribution in [0.15, 0.2) is 66.7 Å². The maximum Gasteiger partial charge on any atom is 0.390 e. The van der Waals surface area contributed by atoms with Gasteiger partial charge in [-0.2, -0.15) is 13.2 Å². The molecule has 4 amide bonds. The molecule has 0 aliphatic heterocycles. The Morgan fingerprint density at radius 2 is 1.68 bits per heavy atom. The average Bonchev–Trinajstić information content (AvgIpc) is 3.75. The summed E-state index contributed by atoms with van der Waals surface area (Å²) in [5.41, 5.74) is 1.85. The number of alkyl halides is 3. The fourth-order valence-electron chi connectivity index (χ4n) is 4.56. The molecule has 0 bridgehead atoms. The Bertz CT molecular complexity index is 1880. The van der Waals surface area contributed by atoms with Crippen molar-refractivity contribution in [2.75, 3.05) is 17.6 Å². The van der Waals surface area contributed by atoms with Crippen LogP contribution in [0.25, 0.3) is 21.3 Å². The van der Waals surface area contributed by atoms with Gasteiger partial charge in [-0.15, -0.1) is 11.3 Å². The van der Waals surface area contributed by atoms with E-state index in [0.29, 0.717) is 29.1 Å². The van der Waals surface area contributed by atoms with Gasteiger partial charge in [0.2, 0.25) is 11.8 Å². The van der Waals surface area contributed by atoms with E-state index >= 15 is 4.39 Å². The molecule has 47 heavy (non-hydrogen) atoms. The number of amides is 4. The Kier molecular flexibility index (Phi) is 10.1. The van der Waals surface area contributed by atoms with E-state index in [9.17, 15) is 36.0 Å². The minimum Gasteiger partial charge on any atom is -0.352 e. The summed E-state index contributed by atoms with van der Waals surface area (Å²) in [7, 11) is -4.77. The van der Waals surface area contributed by atoms with Gasteiger partial charge in [-0.25, -0.2) is 22.6 Å². The first kappa shape index (κ1) is 33.8. The Hall–Kier alpha value is -4.57. The molecule has 1 aromatic heterocycles. The zero-order valence-corrected chi connectivity index (χ0v) is 26.2. The molecule has 1 aliphatic rings. The van der Waals surface area contributed by atoms with E-state index in [1.54, 1.807) is 24.3 Å². The summed E-state index contributed by atoms with van der Waals surface area (Å²) in [6.07, 6.45) is -4.96. The molecule has 4 N–H and O–H groups in total. The van der Waals surface area contributed by atoms with Gasteiger partial charge in [-0.05, 0) is 42.2 Å². The number of hydrogen-bond donors (Lipinski definition) is 4. The van der Waals surface area contributed by atoms with Gasteiger partial charge in [0.05, 0.1) is 28.9 Å². The Balaban J connectivity index is 1.34. The first-order valence-electron chi connectivity index (χ1n) is 14.4. The van der Waals surface area contributed by atoms with Crippen LogP contribution >= 0.6 is 11.3 Å². The molecule has 1 atom stereocenters. The second kappa shape index (κ2) is 14.0. The molecular weight excluding hydrogens is 662 g/mol. The third kappa shape index (κ3) is 9.25. The van der Waals surface area contributed by atoms with Gasteiger partial charge < -0.3 is 21.3 Å². The largest absolute Gasteiger partial charge is 0.390 e. The molecule has 0 saturated heterocycles. The van der Waals surface area contributed by atoms with Crippen LogP contribution in [0.3, 0.4) is 0 Å². The molecular formula is C31H29F4N5O5S2. The lowest BCUT2D eigenvalue weighted by atomic mass is 10.0. The van der Waals surface area contributed by atoms with E-state index in [-0.39, 0.29) is 26.8 Å². The number of rotatable bonds is 12. The quantitative estimate of drug-likeness (QED) is 0.150. The fourth-order valence-corrected chi connectivity index (χ4v) is 7.63. The molecule has 0 radical (unpaired) electrons. The third-order valence-electron chi connectivity index (χ3n) is 7.10. The van der Waals surface area contributed by atoms with Gasteiger partial charge in [-0.1, -0.05) is 42.5 Å². The summed E-state index contributed by atoms with van der Waals surface area (Å²) < 4.78 is 80.6. The van der Waals surface area contributed by atoms with Crippen LogP contribution in [0.4, 0.5) is 28.0 Å². The van der Waals surface area contributed by atoms with Crippen LogP contribution in [-0.4, -0.2) is 55.8 Å². The van der Waals surface area contributed by atoms with Gasteiger partial charge in [0, 0.05) is 29.9 Å². The Morgan fingerprint density at radius 1 is 0.979 bits per heavy atom. The summed E-state index contributed by atoms with van der Waals surface area (Å²) in [5, 5.41) is 7.71. The van der Waals surface area contributed by atoms with Gasteiger partial charge >= 0.3 is 12.2 Å². The summed E-state index contributed by atoms with van der Waals surface area (Å²) in [6, 6.07) is 17.5. The highest BCUT2D eigenvalue weighted by molar-refractivity contribution is 7.92. The van der Waals surface area contributed by atoms with Crippen molar-refractivity contribution in [3.63, 3.8) is 0 Å². The number of thiazole rings is 1. The monoisotopic (exact) mass is 691 g/mol. The predicted molar refractivity (Wildman–Crippen MR) is 169 cm³/mol. The highest BCUT2D eigenvalue weighted by Gasteiger charge is 2.40. The number of fused-ring (bicyclic) bond motifs is 1. The van der Waals surface area contributed by atoms with Crippen molar-refractivity contribution in [1.82, 2.24) is 20.9 Å². The molecule has 4 aromatic rings. The number of nitrogens with one attached hydrogen (secondary N) is 4. The van der Waals surface area contributed by atoms with E-state index in [0.717, 1.165) is 24.5 Å². The molecule has 248 valence electrons. The lowest BCUT2D eigenvalue weighted by Gasteiger charge is -2.16. The van der Waals surface area contributed by atoms with Crippen molar-refractivity contribution >= 4 is 54.9 Å². The van der Waals surface area contributed by atoms with Crippen molar-refractivity contribution in [3.05, 3.63) is 83.1 Å². The number of halogens is 4. The maximum atomic E-state index is 15.3. The number of hydrogen-bond acceptors (Lipinski definition) is 7. The lowest BCUT2D eigenvalue weighted by molar-refractivity contribution is -0.130. The van der Waals surface area contributed by atoms with Crippen LogP contribution in [0.1, 0.15) is 35.1 Å². The van der Waals surface area contributed by atoms with Gasteiger partial charge in [-0.3, -0.25) is 9.59 Å². The van der Waals surface area contributed by atoms with Gasteiger partial charge in [0.25, 0.3) is 0 Å². The predicted octanol–water partition coefficient (Wildman–Crippen LogP) is 5.23. The number of urea groups is 1. The van der Waals surface area contributed by atoms with Crippen molar-refractivity contribution < 1.29 is 40.4 Å². The van der Waals surface area contributed by atoms with Crippen LogP contribution in [0.2, 0.25) is 0 Å².